The van der Waals surface area contributed by atoms with Gasteiger partial charge in [0.1, 0.15) is 9.88 Å². The van der Waals surface area contributed by atoms with Crippen LogP contribution in [0.5, 0.6) is 0 Å². The molecule has 2 N–H and O–H groups in total. The normalized spacial score (nSPS) is 13.6. The number of tetrazole rings is 1. The lowest BCUT2D eigenvalue weighted by atomic mass is 10.1. The van der Waals surface area contributed by atoms with E-state index in [2.05, 4.69) is 15.5 Å². The molecule has 2 aromatic rings. The van der Waals surface area contributed by atoms with Crippen molar-refractivity contribution in [2.75, 3.05) is 18.9 Å². The van der Waals surface area contributed by atoms with Gasteiger partial charge in [-0.15, -0.1) is 16.4 Å². The van der Waals surface area contributed by atoms with Crippen molar-refractivity contribution in [3.8, 4) is 0 Å². The van der Waals surface area contributed by atoms with Crippen LogP contribution in [0, 0.1) is 0 Å². The molecule has 26 heavy (non-hydrogen) atoms. The van der Waals surface area contributed by atoms with E-state index in [0.717, 1.165) is 24.2 Å². The summed E-state index contributed by atoms with van der Waals surface area (Å²) in [5.74, 6) is -0.741. The predicted octanol–water partition coefficient (Wildman–Crippen LogP) is 2.30. The van der Waals surface area contributed by atoms with Crippen LogP contribution in [0.2, 0.25) is 0 Å². The largest absolute Gasteiger partial charge is 0.462 e. The Kier molecular flexibility index (Phi) is 5.77. The highest BCUT2D eigenvalue weighted by Gasteiger charge is 2.30. The Morgan fingerprint density at radius 1 is 1.27 bits per heavy atom. The van der Waals surface area contributed by atoms with E-state index in [4.69, 9.17) is 15.2 Å². The molecule has 1 aliphatic carbocycles. The number of ether oxygens (including phenoxy) is 2. The van der Waals surface area contributed by atoms with Gasteiger partial charge >= 0.3 is 11.9 Å². The summed E-state index contributed by atoms with van der Waals surface area (Å²) in [6.45, 7) is 3.89. The molecule has 1 fully saturated rings. The molecule has 0 unspecified atom stereocenters. The molecular weight excluding hydrogens is 378 g/mol. The molecule has 0 saturated heterocycles. The van der Waals surface area contributed by atoms with Crippen molar-refractivity contribution in [2.24, 2.45) is 0 Å². The Bertz CT molecular complexity index is 815. The van der Waals surface area contributed by atoms with Gasteiger partial charge in [-0.05, 0) is 37.1 Å². The number of nitrogens with zero attached hydrogens (tertiary/aromatic N) is 4. The van der Waals surface area contributed by atoms with E-state index in [1.165, 1.54) is 11.8 Å². The molecule has 0 radical (unpaired) electrons. The first-order valence-electron chi connectivity index (χ1n) is 8.22. The molecule has 0 amide bonds. The van der Waals surface area contributed by atoms with Crippen LogP contribution in [0.25, 0.3) is 0 Å². The number of nitrogens with two attached hydrogens (primary N) is 1. The molecule has 0 aliphatic heterocycles. The van der Waals surface area contributed by atoms with Gasteiger partial charge in [0.25, 0.3) is 0 Å². The smallest absolute Gasteiger partial charge is 0.348 e. The molecular formula is C15H19N5O4S2. The summed E-state index contributed by atoms with van der Waals surface area (Å²) in [4.78, 5) is 24.9. The van der Waals surface area contributed by atoms with Crippen molar-refractivity contribution < 1.29 is 19.1 Å². The molecule has 2 aromatic heterocycles. The second-order valence-corrected chi connectivity index (χ2v) is 7.51. The van der Waals surface area contributed by atoms with Crippen LogP contribution in [0.15, 0.2) is 5.16 Å². The van der Waals surface area contributed by atoms with E-state index in [1.807, 2.05) is 0 Å². The number of esters is 2. The Morgan fingerprint density at radius 2 is 1.96 bits per heavy atom. The second-order valence-electron chi connectivity index (χ2n) is 5.52. The molecule has 11 heteroatoms. The number of thioether (sulfide) groups is 1. The maximum absolute atomic E-state index is 12.3. The number of hydrogen-bond acceptors (Lipinski definition) is 10. The highest BCUT2D eigenvalue weighted by Crippen LogP contribution is 2.39. The van der Waals surface area contributed by atoms with Gasteiger partial charge in [0.05, 0.1) is 24.8 Å². The quantitative estimate of drug-likeness (QED) is 0.528. The number of carbonyl (C=O) groups excluding carboxylic acids is 2. The van der Waals surface area contributed by atoms with Gasteiger partial charge in [-0.25, -0.2) is 14.3 Å². The van der Waals surface area contributed by atoms with Gasteiger partial charge in [0.15, 0.2) is 0 Å². The summed E-state index contributed by atoms with van der Waals surface area (Å²) in [5, 5.41) is 12.6. The zero-order valence-electron chi connectivity index (χ0n) is 14.4. The monoisotopic (exact) mass is 397 g/mol. The van der Waals surface area contributed by atoms with Crippen molar-refractivity contribution in [1.29, 1.82) is 0 Å². The number of rotatable bonds is 8. The van der Waals surface area contributed by atoms with E-state index in [9.17, 15) is 9.59 Å². The second kappa shape index (κ2) is 8.04. The zero-order chi connectivity index (χ0) is 18.7. The van der Waals surface area contributed by atoms with Gasteiger partial charge in [-0.2, -0.15) is 0 Å². The molecule has 9 nitrogen and oxygen atoms in total. The average Bonchev–Trinajstić information content (AvgIpc) is 3.24. The van der Waals surface area contributed by atoms with Crippen molar-refractivity contribution in [3.63, 3.8) is 0 Å². The summed E-state index contributed by atoms with van der Waals surface area (Å²) < 4.78 is 12.0. The minimum Gasteiger partial charge on any atom is -0.462 e. The summed E-state index contributed by atoms with van der Waals surface area (Å²) >= 11 is 2.38. The van der Waals surface area contributed by atoms with Crippen LogP contribution >= 0.6 is 23.1 Å². The molecule has 1 aliphatic rings. The SMILES string of the molecule is CCOC(=O)c1sc(N)c(C(=O)OCC)c1CSc1nnnn1C1CC1. The molecule has 0 atom stereocenters. The number of anilines is 1. The standard InChI is InChI=1S/C15H19N5O4S2/c1-3-23-13(21)10-9(11(26-12(10)16)14(22)24-4-2)7-25-15-17-18-19-20(15)8-5-6-8/h8H,3-7,16H2,1-2H3. The molecule has 3 rings (SSSR count). The van der Waals surface area contributed by atoms with Gasteiger partial charge in [0.2, 0.25) is 5.16 Å². The Morgan fingerprint density at radius 3 is 2.62 bits per heavy atom. The third kappa shape index (κ3) is 3.83. The van der Waals surface area contributed by atoms with Crippen molar-refractivity contribution in [2.45, 2.75) is 43.6 Å². The fourth-order valence-corrected chi connectivity index (χ4v) is 4.41. The summed E-state index contributed by atoms with van der Waals surface area (Å²) in [7, 11) is 0. The Hall–Kier alpha value is -2.14. The number of nitrogen functional groups attached to an aromatic ring is 1. The molecule has 0 aromatic carbocycles. The third-order valence-corrected chi connectivity index (χ3v) is 5.68. The lowest BCUT2D eigenvalue weighted by Crippen LogP contribution is -2.11. The van der Waals surface area contributed by atoms with Gasteiger partial charge in [-0.1, -0.05) is 11.8 Å². The predicted molar refractivity (Wildman–Crippen MR) is 96.3 cm³/mol. The van der Waals surface area contributed by atoms with Gasteiger partial charge < -0.3 is 15.2 Å². The highest BCUT2D eigenvalue weighted by molar-refractivity contribution is 7.98. The van der Waals surface area contributed by atoms with Crippen LogP contribution in [0.1, 0.15) is 58.3 Å². The Labute approximate surface area is 158 Å². The van der Waals surface area contributed by atoms with E-state index in [-0.39, 0.29) is 23.8 Å². The summed E-state index contributed by atoms with van der Waals surface area (Å²) in [5.41, 5.74) is 6.72. The topological polar surface area (TPSA) is 122 Å². The van der Waals surface area contributed by atoms with E-state index < -0.39 is 11.9 Å². The van der Waals surface area contributed by atoms with Crippen LogP contribution in [-0.2, 0) is 15.2 Å². The molecule has 1 saturated carbocycles. The van der Waals surface area contributed by atoms with Crippen molar-refractivity contribution >= 4 is 40.0 Å². The molecule has 0 spiro atoms. The minimum atomic E-state index is -0.547. The number of thiophene rings is 1. The van der Waals surface area contributed by atoms with E-state index in [1.54, 1.807) is 18.5 Å². The molecule has 140 valence electrons. The average molecular weight is 397 g/mol. The zero-order valence-corrected chi connectivity index (χ0v) is 16.1. The van der Waals surface area contributed by atoms with Gasteiger partial charge in [0, 0.05) is 11.3 Å². The fourth-order valence-electron chi connectivity index (χ4n) is 2.38. The van der Waals surface area contributed by atoms with Crippen molar-refractivity contribution in [1.82, 2.24) is 20.2 Å². The Balaban J connectivity index is 1.89. The summed E-state index contributed by atoms with van der Waals surface area (Å²) in [6, 6.07) is 0.328. The first kappa shape index (κ1) is 18.6. The summed E-state index contributed by atoms with van der Waals surface area (Å²) in [6.07, 6.45) is 2.10. The number of hydrogen-bond donors (Lipinski definition) is 1. The highest BCUT2D eigenvalue weighted by atomic mass is 32.2. The van der Waals surface area contributed by atoms with Crippen molar-refractivity contribution in [3.05, 3.63) is 16.0 Å². The third-order valence-electron chi connectivity index (χ3n) is 3.68. The van der Waals surface area contributed by atoms with Crippen LogP contribution < -0.4 is 5.73 Å². The van der Waals surface area contributed by atoms with E-state index >= 15 is 0 Å². The molecule has 0 bridgehead atoms. The maximum atomic E-state index is 12.3. The van der Waals surface area contributed by atoms with Crippen LogP contribution in [-0.4, -0.2) is 45.4 Å². The number of carbonyl (C=O) groups is 2. The first-order chi connectivity index (χ1) is 12.6. The lowest BCUT2D eigenvalue weighted by molar-refractivity contribution is 0.0527. The minimum absolute atomic E-state index is 0.218. The first-order valence-corrected chi connectivity index (χ1v) is 10.0. The number of aromatic nitrogens is 4. The van der Waals surface area contributed by atoms with Crippen LogP contribution in [0.4, 0.5) is 5.00 Å². The fraction of sp³-hybridized carbons (Fsp3) is 0.533. The van der Waals surface area contributed by atoms with E-state index in [0.29, 0.717) is 27.4 Å². The lowest BCUT2D eigenvalue weighted by Gasteiger charge is -2.07. The van der Waals surface area contributed by atoms with Crippen LogP contribution in [0.3, 0.4) is 0 Å². The maximum Gasteiger partial charge on any atom is 0.348 e. The van der Waals surface area contributed by atoms with Gasteiger partial charge in [-0.3, -0.25) is 0 Å². The molecule has 2 heterocycles.